The highest BCUT2D eigenvalue weighted by Gasteiger charge is 2.16. The predicted octanol–water partition coefficient (Wildman–Crippen LogP) is 6.64. The van der Waals surface area contributed by atoms with Crippen molar-refractivity contribution < 1.29 is 4.42 Å². The van der Waals surface area contributed by atoms with Crippen LogP contribution in [0.15, 0.2) is 46.6 Å². The largest absolute Gasteiger partial charge is 0.454 e. The van der Waals surface area contributed by atoms with Crippen molar-refractivity contribution in [3.8, 4) is 0 Å². The molecule has 1 nitrogen and oxygen atoms in total. The normalized spacial score (nSPS) is 11.5. The van der Waals surface area contributed by atoms with Crippen LogP contribution in [0.4, 0.5) is 0 Å². The molecule has 1 aromatic heterocycles. The molecule has 0 saturated carbocycles. The number of rotatable bonds is 0. The summed E-state index contributed by atoms with van der Waals surface area (Å²) in [6.07, 6.45) is 0. The fourth-order valence-corrected chi connectivity index (χ4v) is 3.68. The minimum atomic E-state index is 0.849. The lowest BCUT2D eigenvalue weighted by Crippen LogP contribution is -1.73. The Bertz CT molecular complexity index is 683. The zero-order valence-electron chi connectivity index (χ0n) is 8.23. The molecule has 3 aromatic rings. The maximum Gasteiger partial charge on any atom is 0.150 e. The highest BCUT2D eigenvalue weighted by Crippen LogP contribution is 2.43. The summed E-state index contributed by atoms with van der Waals surface area (Å²) in [5.74, 6) is 0. The molecule has 0 N–H and O–H groups in total. The molecular formula is C12H4Br4O. The topological polar surface area (TPSA) is 13.1 Å². The van der Waals surface area contributed by atoms with Crippen molar-refractivity contribution in [3.63, 3.8) is 0 Å². The van der Waals surface area contributed by atoms with Gasteiger partial charge in [-0.1, -0.05) is 31.9 Å². The fourth-order valence-electron chi connectivity index (χ4n) is 1.83. The molecule has 0 radical (unpaired) electrons. The number of halogens is 4. The molecule has 3 rings (SSSR count). The highest BCUT2D eigenvalue weighted by molar-refractivity contribution is 9.11. The first-order chi connectivity index (χ1) is 8.09. The summed E-state index contributed by atoms with van der Waals surface area (Å²) in [6.45, 7) is 0. The van der Waals surface area contributed by atoms with E-state index < -0.39 is 0 Å². The molecule has 0 aliphatic rings. The number of furan rings is 1. The maximum absolute atomic E-state index is 5.92. The van der Waals surface area contributed by atoms with E-state index in [0.29, 0.717) is 0 Å². The zero-order chi connectivity index (χ0) is 12.2. The first-order valence-electron chi connectivity index (χ1n) is 4.74. The molecule has 0 saturated heterocycles. The van der Waals surface area contributed by atoms with Crippen LogP contribution in [0.3, 0.4) is 0 Å². The molecule has 0 bridgehead atoms. The molecule has 0 atom stereocenters. The standard InChI is InChI=1S/C12H4Br4O/c13-5-1-3-7(15)11-9(5)10-6(14)2-4-8(16)12(10)17-11/h1-4H. The first-order valence-corrected chi connectivity index (χ1v) is 7.91. The Morgan fingerprint density at radius 2 is 0.941 bits per heavy atom. The molecule has 0 aliphatic carbocycles. The van der Waals surface area contributed by atoms with Gasteiger partial charge in [0.2, 0.25) is 0 Å². The lowest BCUT2D eigenvalue weighted by Gasteiger charge is -1.98. The molecule has 86 valence electrons. The lowest BCUT2D eigenvalue weighted by atomic mass is 10.1. The van der Waals surface area contributed by atoms with Crippen molar-refractivity contribution >= 4 is 85.7 Å². The second-order valence-electron chi connectivity index (χ2n) is 3.57. The third-order valence-corrected chi connectivity index (χ3v) is 5.14. The van der Waals surface area contributed by atoms with Crippen molar-refractivity contribution in [3.05, 3.63) is 42.2 Å². The Balaban J connectivity index is 2.69. The third-order valence-electron chi connectivity index (χ3n) is 2.57. The average Bonchev–Trinajstić information content (AvgIpc) is 2.71. The van der Waals surface area contributed by atoms with Crippen LogP contribution < -0.4 is 0 Å². The summed E-state index contributed by atoms with van der Waals surface area (Å²) in [5, 5.41) is 2.14. The Kier molecular flexibility index (Phi) is 3.14. The van der Waals surface area contributed by atoms with Gasteiger partial charge in [-0.25, -0.2) is 0 Å². The smallest absolute Gasteiger partial charge is 0.150 e. The van der Waals surface area contributed by atoms with Crippen LogP contribution in [0.5, 0.6) is 0 Å². The van der Waals surface area contributed by atoms with Gasteiger partial charge in [-0.3, -0.25) is 0 Å². The van der Waals surface area contributed by atoms with E-state index in [2.05, 4.69) is 63.7 Å². The van der Waals surface area contributed by atoms with E-state index in [0.717, 1.165) is 39.8 Å². The van der Waals surface area contributed by atoms with Crippen molar-refractivity contribution in [1.82, 2.24) is 0 Å². The molecule has 5 heteroatoms. The molecule has 1 heterocycles. The van der Waals surface area contributed by atoms with Gasteiger partial charge in [0, 0.05) is 19.7 Å². The van der Waals surface area contributed by atoms with Crippen LogP contribution in [0, 0.1) is 0 Å². The maximum atomic E-state index is 5.92. The predicted molar refractivity (Wildman–Crippen MR) is 84.5 cm³/mol. The lowest BCUT2D eigenvalue weighted by molar-refractivity contribution is 0.664. The quantitative estimate of drug-likeness (QED) is 0.349. The van der Waals surface area contributed by atoms with E-state index >= 15 is 0 Å². The van der Waals surface area contributed by atoms with Crippen LogP contribution in [0.25, 0.3) is 21.9 Å². The summed E-state index contributed by atoms with van der Waals surface area (Å²) in [7, 11) is 0. The van der Waals surface area contributed by atoms with Crippen LogP contribution >= 0.6 is 63.7 Å². The first kappa shape index (κ1) is 12.2. The van der Waals surface area contributed by atoms with E-state index in [1.165, 1.54) is 0 Å². The van der Waals surface area contributed by atoms with Gasteiger partial charge in [0.05, 0.1) is 8.95 Å². The van der Waals surface area contributed by atoms with Crippen molar-refractivity contribution in [2.75, 3.05) is 0 Å². The average molecular weight is 484 g/mol. The molecule has 17 heavy (non-hydrogen) atoms. The van der Waals surface area contributed by atoms with E-state index in [9.17, 15) is 0 Å². The monoisotopic (exact) mass is 480 g/mol. The van der Waals surface area contributed by atoms with Crippen molar-refractivity contribution in [1.29, 1.82) is 0 Å². The highest BCUT2D eigenvalue weighted by atomic mass is 79.9. The van der Waals surface area contributed by atoms with Gasteiger partial charge in [0.15, 0.2) is 11.2 Å². The van der Waals surface area contributed by atoms with Gasteiger partial charge in [0.25, 0.3) is 0 Å². The van der Waals surface area contributed by atoms with Gasteiger partial charge in [-0.05, 0) is 56.1 Å². The second-order valence-corrected chi connectivity index (χ2v) is 6.99. The Hall–Kier alpha value is 0.160. The van der Waals surface area contributed by atoms with Gasteiger partial charge in [-0.2, -0.15) is 0 Å². The van der Waals surface area contributed by atoms with E-state index in [1.807, 2.05) is 24.3 Å². The summed E-state index contributed by atoms with van der Waals surface area (Å²) < 4.78 is 9.86. The van der Waals surface area contributed by atoms with Gasteiger partial charge < -0.3 is 4.42 Å². The fraction of sp³-hybridized carbons (Fsp3) is 0. The zero-order valence-corrected chi connectivity index (χ0v) is 14.6. The molecule has 2 aromatic carbocycles. The van der Waals surface area contributed by atoms with E-state index in [4.69, 9.17) is 4.42 Å². The van der Waals surface area contributed by atoms with Crippen LogP contribution in [-0.4, -0.2) is 0 Å². The summed E-state index contributed by atoms with van der Waals surface area (Å²) in [4.78, 5) is 0. The summed E-state index contributed by atoms with van der Waals surface area (Å²) in [6, 6.07) is 7.96. The number of benzene rings is 2. The Morgan fingerprint density at radius 1 is 0.588 bits per heavy atom. The van der Waals surface area contributed by atoms with Gasteiger partial charge >= 0.3 is 0 Å². The summed E-state index contributed by atoms with van der Waals surface area (Å²) >= 11 is 14.2. The van der Waals surface area contributed by atoms with Crippen LogP contribution in [-0.2, 0) is 0 Å². The number of fused-ring (bicyclic) bond motifs is 3. The van der Waals surface area contributed by atoms with Crippen molar-refractivity contribution in [2.24, 2.45) is 0 Å². The van der Waals surface area contributed by atoms with Crippen LogP contribution in [0.1, 0.15) is 0 Å². The van der Waals surface area contributed by atoms with Gasteiger partial charge in [-0.15, -0.1) is 0 Å². The summed E-state index contributed by atoms with van der Waals surface area (Å²) in [5.41, 5.74) is 1.70. The molecular weight excluding hydrogens is 480 g/mol. The molecule has 0 amide bonds. The van der Waals surface area contributed by atoms with E-state index in [1.54, 1.807) is 0 Å². The van der Waals surface area contributed by atoms with Gasteiger partial charge in [0.1, 0.15) is 0 Å². The SMILES string of the molecule is Brc1ccc(Br)c2c1oc1c(Br)ccc(Br)c12. The molecule has 0 spiro atoms. The minimum absolute atomic E-state index is 0.849. The van der Waals surface area contributed by atoms with E-state index in [-0.39, 0.29) is 0 Å². The molecule has 0 aliphatic heterocycles. The minimum Gasteiger partial charge on any atom is -0.454 e. The van der Waals surface area contributed by atoms with Crippen molar-refractivity contribution in [2.45, 2.75) is 0 Å². The Morgan fingerprint density at radius 3 is 1.35 bits per heavy atom. The Labute approximate surface area is 131 Å². The van der Waals surface area contributed by atoms with Crippen LogP contribution in [0.2, 0.25) is 0 Å². The number of hydrogen-bond acceptors (Lipinski definition) is 1. The molecule has 0 fully saturated rings. The molecule has 0 unspecified atom stereocenters. The second kappa shape index (κ2) is 4.37. The number of hydrogen-bond donors (Lipinski definition) is 0. The third kappa shape index (κ3) is 1.82.